The molecule has 6 nitrogen and oxygen atoms in total. The Labute approximate surface area is 182 Å². The van der Waals surface area contributed by atoms with Crippen LogP contribution in [0.2, 0.25) is 0 Å². The van der Waals surface area contributed by atoms with Crippen LogP contribution < -0.4 is 4.31 Å². The highest BCUT2D eigenvalue weighted by Crippen LogP contribution is 2.33. The van der Waals surface area contributed by atoms with Crippen LogP contribution in [0.4, 0.5) is 5.69 Å². The maximum Gasteiger partial charge on any atom is 0.264 e. The van der Waals surface area contributed by atoms with Crippen LogP contribution in [0.1, 0.15) is 28.4 Å². The fourth-order valence-electron chi connectivity index (χ4n) is 3.39. The molecule has 31 heavy (non-hydrogen) atoms. The van der Waals surface area contributed by atoms with E-state index in [0.29, 0.717) is 17.9 Å². The van der Waals surface area contributed by atoms with Crippen molar-refractivity contribution in [1.82, 2.24) is 0 Å². The highest BCUT2D eigenvalue weighted by Gasteiger charge is 2.34. The Morgan fingerprint density at radius 3 is 2.42 bits per heavy atom. The van der Waals surface area contributed by atoms with Gasteiger partial charge in [0.05, 0.1) is 35.4 Å². The predicted molar refractivity (Wildman–Crippen MR) is 117 cm³/mol. The average Bonchev–Trinajstić information content (AvgIpc) is 3.63. The topological polar surface area (TPSA) is 93.9 Å². The molecule has 1 saturated heterocycles. The van der Waals surface area contributed by atoms with Gasteiger partial charge in [-0.05, 0) is 36.8 Å². The molecule has 1 fully saturated rings. The molecule has 0 bridgehead atoms. The van der Waals surface area contributed by atoms with Gasteiger partial charge in [-0.2, -0.15) is 5.26 Å². The predicted octanol–water partition coefficient (Wildman–Crippen LogP) is 3.69. The Balaban J connectivity index is 1.79. The number of hydrogen-bond donors (Lipinski definition) is 1. The van der Waals surface area contributed by atoms with Gasteiger partial charge in [0.25, 0.3) is 10.0 Å². The van der Waals surface area contributed by atoms with Gasteiger partial charge in [0, 0.05) is 5.56 Å². The molecule has 0 saturated carbocycles. The first-order chi connectivity index (χ1) is 14.9. The molecule has 1 heterocycles. The van der Waals surface area contributed by atoms with Crippen LogP contribution in [0, 0.1) is 18.3 Å². The summed E-state index contributed by atoms with van der Waals surface area (Å²) < 4.78 is 33.5. The van der Waals surface area contributed by atoms with E-state index in [1.807, 2.05) is 37.3 Å². The van der Waals surface area contributed by atoms with E-state index >= 15 is 0 Å². The summed E-state index contributed by atoms with van der Waals surface area (Å²) in [5.74, 6) is 0. The standard InChI is InChI=1S/C24H22N2O4S/c1-17-7-10-21(11-8-17)31(28,29)26(15-18-5-3-2-4-6-18)20-9-12-22(19(13-20)14-25)24(27)23-16-30-23/h2-13,23-24,27H,15-16H2,1H3. The zero-order valence-electron chi connectivity index (χ0n) is 17.0. The number of aliphatic hydroxyl groups is 1. The van der Waals surface area contributed by atoms with E-state index in [-0.39, 0.29) is 23.1 Å². The largest absolute Gasteiger partial charge is 0.386 e. The fourth-order valence-corrected chi connectivity index (χ4v) is 4.84. The summed E-state index contributed by atoms with van der Waals surface area (Å²) in [6.07, 6.45) is -1.24. The molecule has 3 aromatic rings. The quantitative estimate of drug-likeness (QED) is 0.573. The third-order valence-corrected chi connectivity index (χ3v) is 7.04. The van der Waals surface area contributed by atoms with Crippen molar-refractivity contribution in [3.63, 3.8) is 0 Å². The molecule has 1 aliphatic heterocycles. The zero-order valence-corrected chi connectivity index (χ0v) is 17.8. The van der Waals surface area contributed by atoms with E-state index in [2.05, 4.69) is 6.07 Å². The number of nitriles is 1. The summed E-state index contributed by atoms with van der Waals surface area (Å²) in [7, 11) is -3.89. The molecule has 0 amide bonds. The normalized spacial score (nSPS) is 16.4. The number of nitrogens with zero attached hydrogens (tertiary/aromatic N) is 2. The number of ether oxygens (including phenoxy) is 1. The molecule has 1 aliphatic rings. The minimum absolute atomic E-state index is 0.107. The van der Waals surface area contributed by atoms with E-state index < -0.39 is 16.1 Å². The summed E-state index contributed by atoms with van der Waals surface area (Å²) in [5, 5.41) is 20.0. The van der Waals surface area contributed by atoms with Crippen molar-refractivity contribution in [2.75, 3.05) is 10.9 Å². The highest BCUT2D eigenvalue weighted by atomic mass is 32.2. The number of aliphatic hydroxyl groups excluding tert-OH is 1. The van der Waals surface area contributed by atoms with Gasteiger partial charge in [0.1, 0.15) is 12.2 Å². The molecule has 3 aromatic carbocycles. The summed E-state index contributed by atoms with van der Waals surface area (Å²) in [6, 6.07) is 22.7. The lowest BCUT2D eigenvalue weighted by Gasteiger charge is -2.26. The van der Waals surface area contributed by atoms with Crippen molar-refractivity contribution < 1.29 is 18.3 Å². The minimum Gasteiger partial charge on any atom is -0.386 e. The van der Waals surface area contributed by atoms with Crippen molar-refractivity contribution in [3.05, 3.63) is 95.1 Å². The van der Waals surface area contributed by atoms with Crippen LogP contribution in [-0.4, -0.2) is 26.2 Å². The molecule has 2 atom stereocenters. The first-order valence-corrected chi connectivity index (χ1v) is 11.3. The first-order valence-electron chi connectivity index (χ1n) is 9.87. The van der Waals surface area contributed by atoms with Gasteiger partial charge in [-0.3, -0.25) is 4.31 Å². The molecule has 0 aliphatic carbocycles. The number of rotatable bonds is 7. The van der Waals surface area contributed by atoms with Crippen LogP contribution in [0.15, 0.2) is 77.7 Å². The summed E-state index contributed by atoms with van der Waals surface area (Å²) in [5.41, 5.74) is 2.78. The summed E-state index contributed by atoms with van der Waals surface area (Å²) in [6.45, 7) is 2.44. The Morgan fingerprint density at radius 2 is 1.81 bits per heavy atom. The van der Waals surface area contributed by atoms with Crippen LogP contribution in [0.5, 0.6) is 0 Å². The van der Waals surface area contributed by atoms with Crippen LogP contribution in [0.25, 0.3) is 0 Å². The van der Waals surface area contributed by atoms with Crippen molar-refractivity contribution in [2.24, 2.45) is 0 Å². The van der Waals surface area contributed by atoms with Crippen LogP contribution in [0.3, 0.4) is 0 Å². The lowest BCUT2D eigenvalue weighted by molar-refractivity contribution is 0.136. The SMILES string of the molecule is Cc1ccc(S(=O)(=O)N(Cc2ccccc2)c2ccc(C(O)C3CO3)c(C#N)c2)cc1. The molecule has 0 radical (unpaired) electrons. The maximum atomic E-state index is 13.6. The van der Waals surface area contributed by atoms with Crippen molar-refractivity contribution in [1.29, 1.82) is 5.26 Å². The van der Waals surface area contributed by atoms with E-state index in [9.17, 15) is 18.8 Å². The minimum atomic E-state index is -3.89. The maximum absolute atomic E-state index is 13.6. The Morgan fingerprint density at radius 1 is 1.13 bits per heavy atom. The van der Waals surface area contributed by atoms with Gasteiger partial charge in [0.15, 0.2) is 0 Å². The highest BCUT2D eigenvalue weighted by molar-refractivity contribution is 7.92. The van der Waals surface area contributed by atoms with Crippen molar-refractivity contribution in [3.8, 4) is 6.07 Å². The number of anilines is 1. The molecular formula is C24H22N2O4S. The zero-order chi connectivity index (χ0) is 22.0. The third kappa shape index (κ3) is 4.47. The summed E-state index contributed by atoms with van der Waals surface area (Å²) in [4.78, 5) is 0.169. The molecule has 1 N–H and O–H groups in total. The average molecular weight is 435 g/mol. The van der Waals surface area contributed by atoms with Gasteiger partial charge < -0.3 is 9.84 Å². The van der Waals surface area contributed by atoms with Gasteiger partial charge in [-0.25, -0.2) is 8.42 Å². The van der Waals surface area contributed by atoms with E-state index in [0.717, 1.165) is 11.1 Å². The van der Waals surface area contributed by atoms with Gasteiger partial charge in [-0.1, -0.05) is 54.1 Å². The molecule has 4 rings (SSSR count). The third-order valence-electron chi connectivity index (χ3n) is 5.25. The summed E-state index contributed by atoms with van der Waals surface area (Å²) >= 11 is 0. The molecule has 0 aromatic heterocycles. The first kappa shape index (κ1) is 21.1. The lowest BCUT2D eigenvalue weighted by atomic mass is 10.0. The van der Waals surface area contributed by atoms with E-state index in [1.54, 1.807) is 36.4 Å². The van der Waals surface area contributed by atoms with E-state index in [4.69, 9.17) is 4.74 Å². The number of epoxide rings is 1. The second-order valence-corrected chi connectivity index (χ2v) is 9.37. The van der Waals surface area contributed by atoms with Crippen LogP contribution in [-0.2, 0) is 21.3 Å². The Hall–Kier alpha value is -3.18. The smallest absolute Gasteiger partial charge is 0.264 e. The van der Waals surface area contributed by atoms with Crippen molar-refractivity contribution >= 4 is 15.7 Å². The van der Waals surface area contributed by atoms with Crippen molar-refractivity contribution in [2.45, 2.75) is 30.6 Å². The number of aryl methyl sites for hydroxylation is 1. The van der Waals surface area contributed by atoms with Gasteiger partial charge >= 0.3 is 0 Å². The Kier molecular flexibility index (Phi) is 5.79. The van der Waals surface area contributed by atoms with Gasteiger partial charge in [-0.15, -0.1) is 0 Å². The number of benzene rings is 3. The molecule has 0 spiro atoms. The van der Waals surface area contributed by atoms with Crippen LogP contribution >= 0.6 is 0 Å². The van der Waals surface area contributed by atoms with Gasteiger partial charge in [0.2, 0.25) is 0 Å². The molecule has 7 heteroatoms. The lowest BCUT2D eigenvalue weighted by Crippen LogP contribution is -2.30. The Bertz CT molecular complexity index is 1210. The fraction of sp³-hybridized carbons (Fsp3) is 0.208. The second-order valence-electron chi connectivity index (χ2n) is 7.51. The van der Waals surface area contributed by atoms with E-state index in [1.165, 1.54) is 10.4 Å². The molecular weight excluding hydrogens is 412 g/mol. The monoisotopic (exact) mass is 434 g/mol. The second kappa shape index (κ2) is 8.52. The number of hydrogen-bond acceptors (Lipinski definition) is 5. The molecule has 158 valence electrons. The number of sulfonamides is 1. The molecule has 2 unspecified atom stereocenters.